The number of carbonyl (C=O) groups excluding carboxylic acids is 1. The molecule has 0 spiro atoms. The molecule has 1 aromatic heterocycles. The lowest BCUT2D eigenvalue weighted by Gasteiger charge is -2.10. The van der Waals surface area contributed by atoms with Crippen molar-refractivity contribution in [1.29, 1.82) is 0 Å². The van der Waals surface area contributed by atoms with Gasteiger partial charge >= 0.3 is 5.97 Å². The SMILES string of the molecule is COC(=O)COc1nn(-c2ccc(Cl)cc2Cl)c(-c2ccc(Cl)cc2)c1C. The van der Waals surface area contributed by atoms with Crippen LogP contribution < -0.4 is 4.74 Å². The van der Waals surface area contributed by atoms with Crippen LogP contribution in [-0.2, 0) is 9.53 Å². The Bertz CT molecular complexity index is 985. The van der Waals surface area contributed by atoms with Crippen molar-refractivity contribution in [2.45, 2.75) is 6.92 Å². The average Bonchev–Trinajstić information content (AvgIpc) is 2.96. The van der Waals surface area contributed by atoms with Crippen molar-refractivity contribution in [3.8, 4) is 22.8 Å². The van der Waals surface area contributed by atoms with E-state index in [-0.39, 0.29) is 6.61 Å². The molecule has 5 nitrogen and oxygen atoms in total. The van der Waals surface area contributed by atoms with Crippen LogP contribution in [0.4, 0.5) is 0 Å². The number of rotatable bonds is 5. The minimum atomic E-state index is -0.499. The van der Waals surface area contributed by atoms with Gasteiger partial charge in [-0.3, -0.25) is 0 Å². The molecule has 3 rings (SSSR count). The van der Waals surface area contributed by atoms with E-state index in [0.717, 1.165) is 16.8 Å². The summed E-state index contributed by atoms with van der Waals surface area (Å²) >= 11 is 18.4. The van der Waals surface area contributed by atoms with E-state index in [1.807, 2.05) is 19.1 Å². The third-order valence-electron chi connectivity index (χ3n) is 3.89. The number of halogens is 3. The number of aromatic nitrogens is 2. The third-order valence-corrected chi connectivity index (χ3v) is 4.68. The molecule has 0 saturated heterocycles. The highest BCUT2D eigenvalue weighted by Crippen LogP contribution is 2.35. The second kappa shape index (κ2) is 8.21. The largest absolute Gasteiger partial charge is 0.466 e. The van der Waals surface area contributed by atoms with Crippen molar-refractivity contribution in [2.24, 2.45) is 0 Å². The van der Waals surface area contributed by atoms with Gasteiger partial charge in [0, 0.05) is 21.2 Å². The smallest absolute Gasteiger partial charge is 0.343 e. The first kappa shape index (κ1) is 19.5. The van der Waals surface area contributed by atoms with Crippen molar-refractivity contribution >= 4 is 40.8 Å². The lowest BCUT2D eigenvalue weighted by molar-refractivity contribution is -0.143. The zero-order valence-electron chi connectivity index (χ0n) is 14.5. The predicted octanol–water partition coefficient (Wildman–Crippen LogP) is 5.36. The summed E-state index contributed by atoms with van der Waals surface area (Å²) in [6, 6.07) is 12.4. The van der Waals surface area contributed by atoms with Crippen LogP contribution in [0.1, 0.15) is 5.56 Å². The summed E-state index contributed by atoms with van der Waals surface area (Å²) in [7, 11) is 1.30. The minimum absolute atomic E-state index is 0.247. The molecular weight excluding hydrogens is 411 g/mol. The van der Waals surface area contributed by atoms with Crippen LogP contribution in [0, 0.1) is 6.92 Å². The van der Waals surface area contributed by atoms with Crippen LogP contribution in [0.2, 0.25) is 15.1 Å². The Kier molecular flexibility index (Phi) is 5.95. The van der Waals surface area contributed by atoms with E-state index < -0.39 is 5.97 Å². The zero-order valence-corrected chi connectivity index (χ0v) is 16.8. The van der Waals surface area contributed by atoms with E-state index in [1.165, 1.54) is 7.11 Å². The van der Waals surface area contributed by atoms with Crippen LogP contribution in [-0.4, -0.2) is 29.5 Å². The number of carbonyl (C=O) groups is 1. The summed E-state index contributed by atoms with van der Waals surface area (Å²) in [6.45, 7) is 1.60. The van der Waals surface area contributed by atoms with Gasteiger partial charge in [-0.25, -0.2) is 9.48 Å². The zero-order chi connectivity index (χ0) is 19.6. The summed E-state index contributed by atoms with van der Waals surface area (Å²) in [5, 5.41) is 6.07. The molecule has 8 heteroatoms. The van der Waals surface area contributed by atoms with E-state index in [2.05, 4.69) is 9.84 Å². The minimum Gasteiger partial charge on any atom is -0.466 e. The fraction of sp³-hybridized carbons (Fsp3) is 0.158. The van der Waals surface area contributed by atoms with Gasteiger partial charge in [0.15, 0.2) is 6.61 Å². The number of benzene rings is 2. The van der Waals surface area contributed by atoms with Gasteiger partial charge in [0.05, 0.1) is 23.5 Å². The highest BCUT2D eigenvalue weighted by molar-refractivity contribution is 6.35. The maximum absolute atomic E-state index is 11.4. The molecule has 2 aromatic carbocycles. The van der Waals surface area contributed by atoms with Crippen LogP contribution in [0.25, 0.3) is 16.9 Å². The van der Waals surface area contributed by atoms with Crippen molar-refractivity contribution in [1.82, 2.24) is 9.78 Å². The van der Waals surface area contributed by atoms with Crippen LogP contribution in [0.3, 0.4) is 0 Å². The first-order valence-electron chi connectivity index (χ1n) is 7.91. The number of esters is 1. The topological polar surface area (TPSA) is 53.4 Å². The number of methoxy groups -OCH3 is 1. The summed E-state index contributed by atoms with van der Waals surface area (Å²) in [4.78, 5) is 11.4. The second-order valence-electron chi connectivity index (χ2n) is 5.66. The molecule has 0 bridgehead atoms. The Labute approximate surface area is 171 Å². The van der Waals surface area contributed by atoms with Gasteiger partial charge in [0.1, 0.15) is 0 Å². The molecule has 0 aliphatic carbocycles. The summed E-state index contributed by atoms with van der Waals surface area (Å²) < 4.78 is 11.8. The molecule has 0 fully saturated rings. The fourth-order valence-electron chi connectivity index (χ4n) is 2.57. The van der Waals surface area contributed by atoms with E-state index >= 15 is 0 Å². The molecule has 0 aliphatic heterocycles. The average molecular weight is 426 g/mol. The number of ether oxygens (including phenoxy) is 2. The van der Waals surface area contributed by atoms with E-state index in [0.29, 0.717) is 26.6 Å². The third kappa shape index (κ3) is 4.21. The number of hydrogen-bond donors (Lipinski definition) is 0. The van der Waals surface area contributed by atoms with Gasteiger partial charge in [-0.05, 0) is 37.3 Å². The Hall–Kier alpha value is -2.21. The summed E-state index contributed by atoms with van der Waals surface area (Å²) in [5.41, 5.74) is 2.99. The fourth-order valence-corrected chi connectivity index (χ4v) is 3.19. The van der Waals surface area contributed by atoms with Crippen molar-refractivity contribution in [3.05, 3.63) is 63.1 Å². The van der Waals surface area contributed by atoms with Gasteiger partial charge in [0.25, 0.3) is 0 Å². The Morgan fingerprint density at radius 3 is 2.37 bits per heavy atom. The summed E-state index contributed by atoms with van der Waals surface area (Å²) in [6.07, 6.45) is 0. The van der Waals surface area contributed by atoms with Crippen molar-refractivity contribution in [3.63, 3.8) is 0 Å². The van der Waals surface area contributed by atoms with Gasteiger partial charge in [-0.15, -0.1) is 5.10 Å². The maximum atomic E-state index is 11.4. The Balaban J connectivity index is 2.14. The van der Waals surface area contributed by atoms with Crippen molar-refractivity contribution in [2.75, 3.05) is 13.7 Å². The highest BCUT2D eigenvalue weighted by atomic mass is 35.5. The first-order chi connectivity index (χ1) is 12.9. The van der Waals surface area contributed by atoms with Gasteiger partial charge < -0.3 is 9.47 Å². The quantitative estimate of drug-likeness (QED) is 0.516. The molecule has 0 radical (unpaired) electrons. The highest BCUT2D eigenvalue weighted by Gasteiger charge is 2.21. The van der Waals surface area contributed by atoms with Crippen LogP contribution in [0.15, 0.2) is 42.5 Å². The van der Waals surface area contributed by atoms with E-state index in [4.69, 9.17) is 39.5 Å². The van der Waals surface area contributed by atoms with E-state index in [9.17, 15) is 4.79 Å². The van der Waals surface area contributed by atoms with Gasteiger partial charge in [0.2, 0.25) is 5.88 Å². The maximum Gasteiger partial charge on any atom is 0.343 e. The molecule has 3 aromatic rings. The molecule has 0 atom stereocenters. The molecule has 0 aliphatic rings. The molecule has 27 heavy (non-hydrogen) atoms. The molecule has 0 amide bonds. The van der Waals surface area contributed by atoms with Gasteiger partial charge in [-0.1, -0.05) is 46.9 Å². The standard InChI is InChI=1S/C19H15Cl3N2O3/c1-11-18(12-3-5-13(20)6-4-12)24(16-8-7-14(21)9-15(16)22)23-19(11)27-10-17(25)26-2/h3-9H,10H2,1-2H3. The number of hydrogen-bond acceptors (Lipinski definition) is 4. The van der Waals surface area contributed by atoms with Gasteiger partial charge in [-0.2, -0.15) is 0 Å². The normalized spacial score (nSPS) is 10.7. The Morgan fingerprint density at radius 2 is 1.74 bits per heavy atom. The van der Waals surface area contributed by atoms with Crippen molar-refractivity contribution < 1.29 is 14.3 Å². The number of nitrogens with zero attached hydrogens (tertiary/aromatic N) is 2. The lowest BCUT2D eigenvalue weighted by Crippen LogP contribution is -2.13. The lowest BCUT2D eigenvalue weighted by atomic mass is 10.1. The molecule has 0 saturated carbocycles. The Morgan fingerprint density at radius 1 is 1.07 bits per heavy atom. The summed E-state index contributed by atoms with van der Waals surface area (Å²) in [5.74, 6) is -0.196. The second-order valence-corrected chi connectivity index (χ2v) is 6.94. The van der Waals surface area contributed by atoms with E-state index in [1.54, 1.807) is 35.0 Å². The molecular formula is C19H15Cl3N2O3. The molecule has 1 heterocycles. The molecule has 0 N–H and O–H groups in total. The molecule has 0 unspecified atom stereocenters. The molecule has 140 valence electrons. The van der Waals surface area contributed by atoms with Crippen LogP contribution in [0.5, 0.6) is 5.88 Å². The monoisotopic (exact) mass is 424 g/mol. The van der Waals surface area contributed by atoms with Crippen LogP contribution >= 0.6 is 34.8 Å². The first-order valence-corrected chi connectivity index (χ1v) is 9.04. The predicted molar refractivity (Wildman–Crippen MR) is 106 cm³/mol.